The van der Waals surface area contributed by atoms with Crippen molar-refractivity contribution in [2.75, 3.05) is 13.6 Å². The number of hydrogen-bond donors (Lipinski definition) is 1. The second-order valence-electron chi connectivity index (χ2n) is 5.48. The van der Waals surface area contributed by atoms with Gasteiger partial charge < -0.3 is 5.32 Å². The van der Waals surface area contributed by atoms with Gasteiger partial charge in [-0.15, -0.1) is 11.3 Å². The first-order chi connectivity index (χ1) is 8.26. The zero-order valence-corrected chi connectivity index (χ0v) is 12.1. The van der Waals surface area contributed by atoms with E-state index in [1.807, 2.05) is 11.3 Å². The van der Waals surface area contributed by atoms with Gasteiger partial charge in [0, 0.05) is 4.88 Å². The molecule has 3 unspecified atom stereocenters. The van der Waals surface area contributed by atoms with Gasteiger partial charge in [0.25, 0.3) is 0 Å². The van der Waals surface area contributed by atoms with E-state index in [-0.39, 0.29) is 0 Å². The van der Waals surface area contributed by atoms with Crippen molar-refractivity contribution >= 4 is 11.3 Å². The minimum absolute atomic E-state index is 0.807. The van der Waals surface area contributed by atoms with Crippen LogP contribution < -0.4 is 5.32 Å². The summed E-state index contributed by atoms with van der Waals surface area (Å²) >= 11 is 1.97. The highest BCUT2D eigenvalue weighted by molar-refractivity contribution is 7.10. The Bertz CT molecular complexity index is 344. The molecule has 1 aliphatic carbocycles. The SMILES string of the molecule is CCC1CCC(CNC)C(c2sccc2C)C1. The van der Waals surface area contributed by atoms with Crippen LogP contribution in [0.25, 0.3) is 0 Å². The number of aryl methyl sites for hydroxylation is 1. The fraction of sp³-hybridized carbons (Fsp3) is 0.733. The number of rotatable bonds is 4. The molecule has 1 fully saturated rings. The van der Waals surface area contributed by atoms with Crippen LogP contribution >= 0.6 is 11.3 Å². The van der Waals surface area contributed by atoms with Crippen LogP contribution in [0.15, 0.2) is 11.4 Å². The largest absolute Gasteiger partial charge is 0.319 e. The highest BCUT2D eigenvalue weighted by Gasteiger charge is 2.31. The van der Waals surface area contributed by atoms with Crippen LogP contribution in [0.2, 0.25) is 0 Å². The maximum absolute atomic E-state index is 3.39. The van der Waals surface area contributed by atoms with Gasteiger partial charge in [-0.05, 0) is 68.1 Å². The quantitative estimate of drug-likeness (QED) is 0.846. The van der Waals surface area contributed by atoms with E-state index in [9.17, 15) is 0 Å². The summed E-state index contributed by atoms with van der Waals surface area (Å²) in [6, 6.07) is 2.28. The van der Waals surface area contributed by atoms with Crippen LogP contribution in [0.5, 0.6) is 0 Å². The molecule has 2 heteroatoms. The van der Waals surface area contributed by atoms with Crippen molar-refractivity contribution in [3.05, 3.63) is 21.9 Å². The van der Waals surface area contributed by atoms with Gasteiger partial charge in [0.1, 0.15) is 0 Å². The van der Waals surface area contributed by atoms with Gasteiger partial charge >= 0.3 is 0 Å². The van der Waals surface area contributed by atoms with E-state index in [1.165, 1.54) is 37.8 Å². The van der Waals surface area contributed by atoms with E-state index in [0.717, 1.165) is 17.8 Å². The number of hydrogen-bond acceptors (Lipinski definition) is 2. The Morgan fingerprint density at radius 1 is 1.41 bits per heavy atom. The molecule has 0 aliphatic heterocycles. The highest BCUT2D eigenvalue weighted by Crippen LogP contribution is 2.44. The standard InChI is InChI=1S/C15H25NS/c1-4-12-5-6-13(10-16-3)14(9-12)15-11(2)7-8-17-15/h7-8,12-14,16H,4-6,9-10H2,1-3H3. The van der Waals surface area contributed by atoms with Crippen molar-refractivity contribution in [2.45, 2.75) is 45.4 Å². The molecule has 0 spiro atoms. The molecule has 0 saturated heterocycles. The van der Waals surface area contributed by atoms with Crippen LogP contribution in [0.3, 0.4) is 0 Å². The average Bonchev–Trinajstić information content (AvgIpc) is 2.76. The van der Waals surface area contributed by atoms with E-state index in [1.54, 1.807) is 4.88 Å². The van der Waals surface area contributed by atoms with Gasteiger partial charge in [0.05, 0.1) is 0 Å². The summed E-state index contributed by atoms with van der Waals surface area (Å²) in [4.78, 5) is 1.66. The summed E-state index contributed by atoms with van der Waals surface area (Å²) in [5.41, 5.74) is 1.51. The second kappa shape index (κ2) is 6.01. The van der Waals surface area contributed by atoms with Crippen LogP contribution in [0.1, 0.15) is 49.0 Å². The molecule has 0 amide bonds. The Balaban J connectivity index is 2.16. The lowest BCUT2D eigenvalue weighted by atomic mass is 9.72. The second-order valence-corrected chi connectivity index (χ2v) is 6.43. The molecule has 0 bridgehead atoms. The Hall–Kier alpha value is -0.340. The monoisotopic (exact) mass is 251 g/mol. The third-order valence-electron chi connectivity index (χ3n) is 4.38. The molecule has 1 N–H and O–H groups in total. The maximum atomic E-state index is 3.39. The van der Waals surface area contributed by atoms with E-state index < -0.39 is 0 Å². The van der Waals surface area contributed by atoms with Crippen molar-refractivity contribution in [1.29, 1.82) is 0 Å². The molecular weight excluding hydrogens is 226 g/mol. The van der Waals surface area contributed by atoms with Crippen molar-refractivity contribution < 1.29 is 0 Å². The first kappa shape index (κ1) is 13.1. The predicted octanol–water partition coefficient (Wildman–Crippen LogP) is 4.19. The Kier molecular flexibility index (Phi) is 4.63. The minimum Gasteiger partial charge on any atom is -0.319 e. The van der Waals surface area contributed by atoms with Crippen LogP contribution in [-0.2, 0) is 0 Å². The number of nitrogens with one attached hydrogen (secondary N) is 1. The van der Waals surface area contributed by atoms with E-state index in [4.69, 9.17) is 0 Å². The minimum atomic E-state index is 0.807. The predicted molar refractivity (Wildman–Crippen MR) is 76.8 cm³/mol. The van der Waals surface area contributed by atoms with E-state index in [0.29, 0.717) is 0 Å². The molecular formula is C15H25NS. The van der Waals surface area contributed by atoms with Crippen molar-refractivity contribution in [1.82, 2.24) is 5.32 Å². The zero-order valence-electron chi connectivity index (χ0n) is 11.3. The van der Waals surface area contributed by atoms with Crippen molar-refractivity contribution in [3.8, 4) is 0 Å². The third kappa shape index (κ3) is 2.92. The lowest BCUT2D eigenvalue weighted by molar-refractivity contribution is 0.230. The van der Waals surface area contributed by atoms with E-state index in [2.05, 4.69) is 37.7 Å². The summed E-state index contributed by atoms with van der Waals surface area (Å²) in [5.74, 6) is 2.61. The van der Waals surface area contributed by atoms with Crippen LogP contribution in [-0.4, -0.2) is 13.6 Å². The highest BCUT2D eigenvalue weighted by atomic mass is 32.1. The zero-order chi connectivity index (χ0) is 12.3. The van der Waals surface area contributed by atoms with Gasteiger partial charge in [-0.3, -0.25) is 0 Å². The normalized spacial score (nSPS) is 29.5. The van der Waals surface area contributed by atoms with E-state index >= 15 is 0 Å². The van der Waals surface area contributed by atoms with Gasteiger partial charge in [-0.1, -0.05) is 19.8 Å². The summed E-state index contributed by atoms with van der Waals surface area (Å²) < 4.78 is 0. The van der Waals surface area contributed by atoms with Gasteiger partial charge in [0.15, 0.2) is 0 Å². The lowest BCUT2D eigenvalue weighted by Crippen LogP contribution is -2.30. The fourth-order valence-electron chi connectivity index (χ4n) is 3.28. The smallest absolute Gasteiger partial charge is 0.0109 e. The maximum Gasteiger partial charge on any atom is 0.0109 e. The fourth-order valence-corrected chi connectivity index (χ4v) is 4.42. The Morgan fingerprint density at radius 3 is 2.82 bits per heavy atom. The molecule has 1 aromatic rings. The summed E-state index contributed by atoms with van der Waals surface area (Å²) in [6.07, 6.45) is 5.60. The Morgan fingerprint density at radius 2 is 2.24 bits per heavy atom. The van der Waals surface area contributed by atoms with Gasteiger partial charge in [-0.25, -0.2) is 0 Å². The van der Waals surface area contributed by atoms with Gasteiger partial charge in [0.2, 0.25) is 0 Å². The lowest BCUT2D eigenvalue weighted by Gasteiger charge is -2.36. The molecule has 1 saturated carbocycles. The molecule has 96 valence electrons. The first-order valence-electron chi connectivity index (χ1n) is 6.94. The van der Waals surface area contributed by atoms with Crippen LogP contribution in [0, 0.1) is 18.8 Å². The molecule has 1 aliphatic rings. The van der Waals surface area contributed by atoms with Crippen LogP contribution in [0.4, 0.5) is 0 Å². The first-order valence-corrected chi connectivity index (χ1v) is 7.82. The molecule has 2 rings (SSSR count). The van der Waals surface area contributed by atoms with Gasteiger partial charge in [-0.2, -0.15) is 0 Å². The summed E-state index contributed by atoms with van der Waals surface area (Å²) in [7, 11) is 2.09. The average molecular weight is 251 g/mol. The molecule has 3 atom stereocenters. The number of thiophene rings is 1. The molecule has 1 heterocycles. The topological polar surface area (TPSA) is 12.0 Å². The molecule has 1 aromatic heterocycles. The molecule has 0 aromatic carbocycles. The third-order valence-corrected chi connectivity index (χ3v) is 5.53. The molecule has 0 radical (unpaired) electrons. The van der Waals surface area contributed by atoms with Crippen molar-refractivity contribution in [3.63, 3.8) is 0 Å². The molecule has 17 heavy (non-hydrogen) atoms. The van der Waals surface area contributed by atoms with Crippen molar-refractivity contribution in [2.24, 2.45) is 11.8 Å². The molecule has 1 nitrogen and oxygen atoms in total. The Labute approximate surface area is 110 Å². The summed E-state index contributed by atoms with van der Waals surface area (Å²) in [5, 5.41) is 5.65. The summed E-state index contributed by atoms with van der Waals surface area (Å²) in [6.45, 7) is 5.80.